The Balaban J connectivity index is 2.86. The number of amides is 1. The summed E-state index contributed by atoms with van der Waals surface area (Å²) < 4.78 is 4.79. The largest absolute Gasteiger partial charge is 0.508 e. The van der Waals surface area contributed by atoms with Gasteiger partial charge in [0.05, 0.1) is 13.0 Å². The van der Waals surface area contributed by atoms with Gasteiger partial charge in [-0.05, 0) is 24.3 Å². The Labute approximate surface area is 104 Å². The number of aliphatic carboxylic acids is 1. The minimum Gasteiger partial charge on any atom is -0.508 e. The van der Waals surface area contributed by atoms with Crippen LogP contribution in [0, 0.1) is 0 Å². The third-order valence-electron chi connectivity index (χ3n) is 2.28. The highest BCUT2D eigenvalue weighted by atomic mass is 16.5. The predicted octanol–water partition coefficient (Wildman–Crippen LogP) is 0.846. The maximum absolute atomic E-state index is 11.8. The number of nitrogens with zero attached hydrogens (tertiary/aromatic N) is 1. The van der Waals surface area contributed by atoms with Crippen LogP contribution in [0.3, 0.4) is 0 Å². The zero-order valence-corrected chi connectivity index (χ0v) is 10.00. The molecule has 0 aliphatic heterocycles. The monoisotopic (exact) mass is 253 g/mol. The van der Waals surface area contributed by atoms with E-state index in [2.05, 4.69) is 0 Å². The first-order chi connectivity index (χ1) is 8.54. The first-order valence-corrected chi connectivity index (χ1v) is 5.34. The van der Waals surface area contributed by atoms with Gasteiger partial charge in [0.15, 0.2) is 0 Å². The number of carboxylic acids is 1. The van der Waals surface area contributed by atoms with Crippen LogP contribution in [-0.2, 0) is 14.3 Å². The Morgan fingerprint density at radius 3 is 2.39 bits per heavy atom. The van der Waals surface area contributed by atoms with Gasteiger partial charge in [-0.2, -0.15) is 0 Å². The topological polar surface area (TPSA) is 87.1 Å². The van der Waals surface area contributed by atoms with E-state index in [1.807, 2.05) is 0 Å². The Morgan fingerprint density at radius 2 is 1.89 bits per heavy atom. The third kappa shape index (κ3) is 4.06. The first kappa shape index (κ1) is 14.0. The number of hydrogen-bond acceptors (Lipinski definition) is 4. The molecule has 0 saturated heterocycles. The SMILES string of the molecule is COCCC(=O)N(CC(=O)O)c1ccc(O)cc1. The van der Waals surface area contributed by atoms with Crippen molar-refractivity contribution in [1.82, 2.24) is 0 Å². The van der Waals surface area contributed by atoms with Crippen LogP contribution in [0.2, 0.25) is 0 Å². The average Bonchev–Trinajstić information content (AvgIpc) is 2.34. The lowest BCUT2D eigenvalue weighted by molar-refractivity contribution is -0.136. The van der Waals surface area contributed by atoms with E-state index in [0.29, 0.717) is 5.69 Å². The highest BCUT2D eigenvalue weighted by Crippen LogP contribution is 2.19. The molecule has 0 saturated carbocycles. The van der Waals surface area contributed by atoms with Crippen LogP contribution in [0.5, 0.6) is 5.75 Å². The van der Waals surface area contributed by atoms with E-state index in [4.69, 9.17) is 14.9 Å². The Kier molecular flexibility index (Phi) is 5.13. The number of aromatic hydroxyl groups is 1. The summed E-state index contributed by atoms with van der Waals surface area (Å²) in [5, 5.41) is 18.0. The highest BCUT2D eigenvalue weighted by Gasteiger charge is 2.18. The van der Waals surface area contributed by atoms with Crippen LogP contribution >= 0.6 is 0 Å². The molecule has 98 valence electrons. The second-order valence-electron chi connectivity index (χ2n) is 3.63. The molecule has 1 amide bonds. The normalized spacial score (nSPS) is 10.1. The van der Waals surface area contributed by atoms with Gasteiger partial charge < -0.3 is 19.8 Å². The molecule has 0 aliphatic carbocycles. The van der Waals surface area contributed by atoms with Crippen molar-refractivity contribution in [2.24, 2.45) is 0 Å². The van der Waals surface area contributed by atoms with Gasteiger partial charge in [0.25, 0.3) is 0 Å². The molecule has 2 N–H and O–H groups in total. The zero-order valence-electron chi connectivity index (χ0n) is 10.00. The van der Waals surface area contributed by atoms with Gasteiger partial charge in [0.2, 0.25) is 5.91 Å². The number of phenols is 1. The smallest absolute Gasteiger partial charge is 0.323 e. The van der Waals surface area contributed by atoms with E-state index >= 15 is 0 Å². The van der Waals surface area contributed by atoms with E-state index in [1.54, 1.807) is 0 Å². The van der Waals surface area contributed by atoms with Crippen LogP contribution in [0.25, 0.3) is 0 Å². The van der Waals surface area contributed by atoms with E-state index in [0.717, 1.165) is 4.90 Å². The molecule has 0 unspecified atom stereocenters. The molecule has 0 atom stereocenters. The maximum Gasteiger partial charge on any atom is 0.323 e. The van der Waals surface area contributed by atoms with Gasteiger partial charge in [0, 0.05) is 12.8 Å². The Morgan fingerprint density at radius 1 is 1.28 bits per heavy atom. The fourth-order valence-corrected chi connectivity index (χ4v) is 1.42. The molecule has 0 fully saturated rings. The molecule has 18 heavy (non-hydrogen) atoms. The molecule has 0 heterocycles. The molecule has 6 nitrogen and oxygen atoms in total. The molecule has 0 radical (unpaired) electrons. The van der Waals surface area contributed by atoms with Gasteiger partial charge in [-0.1, -0.05) is 0 Å². The predicted molar refractivity (Wildman–Crippen MR) is 64.6 cm³/mol. The average molecular weight is 253 g/mol. The number of methoxy groups -OCH3 is 1. The van der Waals surface area contributed by atoms with Crippen molar-refractivity contribution >= 4 is 17.6 Å². The molecular formula is C12H15NO5. The number of carbonyl (C=O) groups excluding carboxylic acids is 1. The lowest BCUT2D eigenvalue weighted by atomic mass is 10.2. The first-order valence-electron chi connectivity index (χ1n) is 5.34. The van der Waals surface area contributed by atoms with Crippen LogP contribution < -0.4 is 4.90 Å². The van der Waals surface area contributed by atoms with Crippen molar-refractivity contribution in [3.8, 4) is 5.75 Å². The maximum atomic E-state index is 11.8. The van der Waals surface area contributed by atoms with Gasteiger partial charge in [-0.25, -0.2) is 0 Å². The van der Waals surface area contributed by atoms with E-state index < -0.39 is 12.5 Å². The summed E-state index contributed by atoms with van der Waals surface area (Å²) in [5.74, 6) is -1.39. The Hall–Kier alpha value is -2.08. The minimum atomic E-state index is -1.10. The molecule has 0 spiro atoms. The molecule has 1 aromatic carbocycles. The number of hydrogen-bond donors (Lipinski definition) is 2. The lowest BCUT2D eigenvalue weighted by Gasteiger charge is -2.20. The summed E-state index contributed by atoms with van der Waals surface area (Å²) in [4.78, 5) is 23.7. The van der Waals surface area contributed by atoms with Gasteiger partial charge >= 0.3 is 5.97 Å². The number of carboxylic acid groups (broad SMARTS) is 1. The van der Waals surface area contributed by atoms with Crippen molar-refractivity contribution < 1.29 is 24.5 Å². The number of ether oxygens (including phenoxy) is 1. The molecule has 0 bridgehead atoms. The quantitative estimate of drug-likeness (QED) is 0.784. The van der Waals surface area contributed by atoms with Gasteiger partial charge in [0.1, 0.15) is 12.3 Å². The molecule has 6 heteroatoms. The van der Waals surface area contributed by atoms with Crippen LogP contribution in [-0.4, -0.2) is 42.4 Å². The third-order valence-corrected chi connectivity index (χ3v) is 2.28. The Bertz CT molecular complexity index is 415. The van der Waals surface area contributed by atoms with Crippen molar-refractivity contribution in [2.75, 3.05) is 25.2 Å². The second-order valence-corrected chi connectivity index (χ2v) is 3.63. The van der Waals surface area contributed by atoms with Gasteiger partial charge in [-0.3, -0.25) is 9.59 Å². The van der Waals surface area contributed by atoms with Gasteiger partial charge in [-0.15, -0.1) is 0 Å². The summed E-state index contributed by atoms with van der Waals surface area (Å²) in [6.45, 7) is -0.194. The van der Waals surface area contributed by atoms with Crippen LogP contribution in [0.4, 0.5) is 5.69 Å². The zero-order chi connectivity index (χ0) is 13.5. The molecule has 0 aromatic heterocycles. The number of benzene rings is 1. The highest BCUT2D eigenvalue weighted by molar-refractivity contribution is 5.97. The standard InChI is InChI=1S/C12H15NO5/c1-18-7-6-11(15)13(8-12(16)17)9-2-4-10(14)5-3-9/h2-5,14H,6-8H2,1H3,(H,16,17). The number of rotatable bonds is 6. The number of carbonyl (C=O) groups is 2. The molecule has 0 aliphatic rings. The van der Waals surface area contributed by atoms with E-state index in [9.17, 15) is 9.59 Å². The molecular weight excluding hydrogens is 238 g/mol. The van der Waals surface area contributed by atoms with Crippen molar-refractivity contribution in [1.29, 1.82) is 0 Å². The second kappa shape index (κ2) is 6.61. The fourth-order valence-electron chi connectivity index (χ4n) is 1.42. The summed E-state index contributed by atoms with van der Waals surface area (Å²) in [6.07, 6.45) is 0.102. The lowest BCUT2D eigenvalue weighted by Crippen LogP contribution is -2.36. The number of anilines is 1. The van der Waals surface area contributed by atoms with Crippen LogP contribution in [0.1, 0.15) is 6.42 Å². The van der Waals surface area contributed by atoms with Crippen molar-refractivity contribution in [3.05, 3.63) is 24.3 Å². The molecule has 1 aromatic rings. The van der Waals surface area contributed by atoms with Crippen molar-refractivity contribution in [2.45, 2.75) is 6.42 Å². The molecule has 1 rings (SSSR count). The minimum absolute atomic E-state index is 0.0540. The van der Waals surface area contributed by atoms with E-state index in [1.165, 1.54) is 31.4 Å². The van der Waals surface area contributed by atoms with E-state index in [-0.39, 0.29) is 24.7 Å². The summed E-state index contributed by atoms with van der Waals surface area (Å²) in [5.41, 5.74) is 0.427. The summed E-state index contributed by atoms with van der Waals surface area (Å²) in [7, 11) is 1.47. The number of phenolic OH excluding ortho intramolecular Hbond substituents is 1. The van der Waals surface area contributed by atoms with Crippen molar-refractivity contribution in [3.63, 3.8) is 0 Å². The fraction of sp³-hybridized carbons (Fsp3) is 0.333. The summed E-state index contributed by atoms with van der Waals surface area (Å²) in [6, 6.07) is 5.77. The van der Waals surface area contributed by atoms with Crippen LogP contribution in [0.15, 0.2) is 24.3 Å². The summed E-state index contributed by atoms with van der Waals surface area (Å²) >= 11 is 0.